The Balaban J connectivity index is 2.33. The van der Waals surface area contributed by atoms with Gasteiger partial charge in [0.05, 0.1) is 23.9 Å². The Morgan fingerprint density at radius 3 is 2.71 bits per heavy atom. The van der Waals surface area contributed by atoms with E-state index in [0.29, 0.717) is 6.61 Å². The largest absolute Gasteiger partial charge is 0.501 e. The smallest absolute Gasteiger partial charge is 0.142 e. The van der Waals surface area contributed by atoms with Crippen LogP contribution in [0.15, 0.2) is 24.0 Å². The molecule has 0 fully saturated rings. The third-order valence-corrected chi connectivity index (χ3v) is 3.03. The zero-order valence-corrected chi connectivity index (χ0v) is 9.81. The van der Waals surface area contributed by atoms with Crippen LogP contribution in [0.1, 0.15) is 24.4 Å². The minimum Gasteiger partial charge on any atom is -0.501 e. The van der Waals surface area contributed by atoms with Crippen molar-refractivity contribution in [2.45, 2.75) is 18.9 Å². The lowest BCUT2D eigenvalue weighted by molar-refractivity contribution is 0.221. The van der Waals surface area contributed by atoms with Gasteiger partial charge in [0.1, 0.15) is 11.6 Å². The van der Waals surface area contributed by atoms with Gasteiger partial charge in [-0.2, -0.15) is 0 Å². The van der Waals surface area contributed by atoms with Gasteiger partial charge < -0.3 is 10.5 Å². The number of halogens is 3. The molecule has 2 N–H and O–H groups in total. The topological polar surface area (TPSA) is 35.2 Å². The molecule has 1 aromatic rings. The molecule has 1 atom stereocenters. The molecule has 0 aliphatic carbocycles. The Morgan fingerprint density at radius 1 is 1.29 bits per heavy atom. The summed E-state index contributed by atoms with van der Waals surface area (Å²) in [6, 6.07) is 1.29. The Morgan fingerprint density at radius 2 is 2.06 bits per heavy atom. The number of hydrogen-bond acceptors (Lipinski definition) is 2. The predicted molar refractivity (Wildman–Crippen MR) is 61.6 cm³/mol. The van der Waals surface area contributed by atoms with Gasteiger partial charge in [-0.3, -0.25) is 0 Å². The Hall–Kier alpha value is -1.13. The van der Waals surface area contributed by atoms with Crippen molar-refractivity contribution in [1.82, 2.24) is 0 Å². The summed E-state index contributed by atoms with van der Waals surface area (Å²) in [6.45, 7) is 0.633. The molecule has 2 nitrogen and oxygen atoms in total. The highest BCUT2D eigenvalue weighted by molar-refractivity contribution is 6.30. The highest BCUT2D eigenvalue weighted by Crippen LogP contribution is 2.29. The first kappa shape index (κ1) is 12.3. The van der Waals surface area contributed by atoms with Gasteiger partial charge in [0.25, 0.3) is 0 Å². The molecule has 1 aromatic carbocycles. The maximum atomic E-state index is 13.6. The van der Waals surface area contributed by atoms with Gasteiger partial charge in [0, 0.05) is 5.56 Å². The van der Waals surface area contributed by atoms with E-state index in [9.17, 15) is 8.78 Å². The molecular formula is C12H12ClF2NO. The summed E-state index contributed by atoms with van der Waals surface area (Å²) >= 11 is 5.48. The van der Waals surface area contributed by atoms with Crippen molar-refractivity contribution in [2.24, 2.45) is 5.73 Å². The average Bonchev–Trinajstić information content (AvgIpc) is 2.34. The van der Waals surface area contributed by atoms with Crippen molar-refractivity contribution >= 4 is 11.6 Å². The number of benzene rings is 1. The molecule has 0 saturated carbocycles. The summed E-state index contributed by atoms with van der Waals surface area (Å²) in [5, 5.41) is -0.243. The van der Waals surface area contributed by atoms with E-state index in [2.05, 4.69) is 0 Å². The van der Waals surface area contributed by atoms with E-state index >= 15 is 0 Å². The normalized spacial score (nSPS) is 17.3. The van der Waals surface area contributed by atoms with Crippen LogP contribution >= 0.6 is 11.6 Å². The van der Waals surface area contributed by atoms with Crippen molar-refractivity contribution in [3.8, 4) is 0 Å². The monoisotopic (exact) mass is 259 g/mol. The van der Waals surface area contributed by atoms with Gasteiger partial charge >= 0.3 is 0 Å². The minimum absolute atomic E-state index is 0.101. The van der Waals surface area contributed by atoms with Gasteiger partial charge in [-0.15, -0.1) is 0 Å². The third-order valence-electron chi connectivity index (χ3n) is 2.74. The van der Waals surface area contributed by atoms with Crippen molar-refractivity contribution < 1.29 is 13.5 Å². The van der Waals surface area contributed by atoms with Gasteiger partial charge in [0.2, 0.25) is 0 Å². The van der Waals surface area contributed by atoms with Crippen LogP contribution in [0.3, 0.4) is 0 Å². The summed E-state index contributed by atoms with van der Waals surface area (Å²) in [7, 11) is 0. The molecule has 1 unspecified atom stereocenters. The van der Waals surface area contributed by atoms with E-state index in [1.807, 2.05) is 0 Å². The second-order valence-electron chi connectivity index (χ2n) is 3.93. The van der Waals surface area contributed by atoms with Crippen LogP contribution in [0.4, 0.5) is 8.78 Å². The molecule has 2 rings (SSSR count). The number of ether oxygens (including phenoxy) is 1. The molecule has 1 heterocycles. The maximum Gasteiger partial charge on any atom is 0.142 e. The number of hydrogen-bond donors (Lipinski definition) is 1. The fourth-order valence-corrected chi connectivity index (χ4v) is 1.94. The first-order chi connectivity index (χ1) is 8.09. The summed E-state index contributed by atoms with van der Waals surface area (Å²) in [5.74, 6) is -1.27. The molecule has 1 aliphatic heterocycles. The van der Waals surface area contributed by atoms with Crippen LogP contribution in [0.5, 0.6) is 0 Å². The highest BCUT2D eigenvalue weighted by Gasteiger charge is 2.20. The van der Waals surface area contributed by atoms with Crippen molar-refractivity contribution in [1.29, 1.82) is 0 Å². The SMILES string of the molecule is NC(C1=COCCC1)c1cc(F)c(Cl)cc1F. The molecule has 92 valence electrons. The van der Waals surface area contributed by atoms with E-state index in [1.165, 1.54) is 6.26 Å². The summed E-state index contributed by atoms with van der Waals surface area (Å²) in [4.78, 5) is 0. The first-order valence-corrected chi connectivity index (χ1v) is 5.68. The van der Waals surface area contributed by atoms with Crippen LogP contribution in [0, 0.1) is 11.6 Å². The molecule has 0 spiro atoms. The van der Waals surface area contributed by atoms with Gasteiger partial charge in [-0.05, 0) is 30.5 Å². The van der Waals surface area contributed by atoms with E-state index < -0.39 is 17.7 Å². The van der Waals surface area contributed by atoms with E-state index in [4.69, 9.17) is 22.1 Å². The first-order valence-electron chi connectivity index (χ1n) is 5.30. The Bertz CT molecular complexity index is 462. The van der Waals surface area contributed by atoms with E-state index in [-0.39, 0.29) is 10.6 Å². The summed E-state index contributed by atoms with van der Waals surface area (Å²) in [6.07, 6.45) is 3.09. The summed E-state index contributed by atoms with van der Waals surface area (Å²) < 4.78 is 32.1. The number of nitrogens with two attached hydrogens (primary N) is 1. The molecule has 0 amide bonds. The van der Waals surface area contributed by atoms with Crippen LogP contribution in [-0.4, -0.2) is 6.61 Å². The minimum atomic E-state index is -0.693. The average molecular weight is 260 g/mol. The van der Waals surface area contributed by atoms with Gasteiger partial charge in [-0.25, -0.2) is 8.78 Å². The maximum absolute atomic E-state index is 13.6. The molecule has 0 radical (unpaired) electrons. The lowest BCUT2D eigenvalue weighted by atomic mass is 9.95. The molecular weight excluding hydrogens is 248 g/mol. The van der Waals surface area contributed by atoms with Crippen molar-refractivity contribution in [3.63, 3.8) is 0 Å². The molecule has 1 aliphatic rings. The van der Waals surface area contributed by atoms with Gasteiger partial charge in [-0.1, -0.05) is 11.6 Å². The fourth-order valence-electron chi connectivity index (χ4n) is 1.79. The van der Waals surface area contributed by atoms with E-state index in [1.54, 1.807) is 0 Å². The van der Waals surface area contributed by atoms with E-state index in [0.717, 1.165) is 30.5 Å². The Kier molecular flexibility index (Phi) is 3.64. The quantitative estimate of drug-likeness (QED) is 0.827. The zero-order valence-electron chi connectivity index (χ0n) is 9.05. The molecule has 5 heteroatoms. The molecule has 0 bridgehead atoms. The number of rotatable bonds is 2. The lowest BCUT2D eigenvalue weighted by Gasteiger charge is -2.20. The van der Waals surface area contributed by atoms with Crippen molar-refractivity contribution in [3.05, 3.63) is 46.2 Å². The van der Waals surface area contributed by atoms with Crippen LogP contribution in [-0.2, 0) is 4.74 Å². The van der Waals surface area contributed by atoms with Crippen LogP contribution in [0.25, 0.3) is 0 Å². The van der Waals surface area contributed by atoms with Crippen LogP contribution in [0.2, 0.25) is 5.02 Å². The zero-order chi connectivity index (χ0) is 12.4. The molecule has 17 heavy (non-hydrogen) atoms. The highest BCUT2D eigenvalue weighted by atomic mass is 35.5. The van der Waals surface area contributed by atoms with Gasteiger partial charge in [0.15, 0.2) is 0 Å². The predicted octanol–water partition coefficient (Wildman–Crippen LogP) is 3.31. The van der Waals surface area contributed by atoms with Crippen molar-refractivity contribution in [2.75, 3.05) is 6.61 Å². The lowest BCUT2D eigenvalue weighted by Crippen LogP contribution is -2.18. The standard InChI is InChI=1S/C12H12ClF2NO/c13-9-5-10(14)8(4-11(9)15)12(16)7-2-1-3-17-6-7/h4-6,12H,1-3,16H2. The molecule has 0 aromatic heterocycles. The second kappa shape index (κ2) is 5.02. The summed E-state index contributed by atoms with van der Waals surface area (Å²) in [5.41, 5.74) is 6.75. The third kappa shape index (κ3) is 2.58. The van der Waals surface area contributed by atoms with Crippen LogP contribution < -0.4 is 5.73 Å². The fraction of sp³-hybridized carbons (Fsp3) is 0.333. The second-order valence-corrected chi connectivity index (χ2v) is 4.34. The molecule has 0 saturated heterocycles. The Labute approximate surface area is 103 Å².